The van der Waals surface area contributed by atoms with Gasteiger partial charge in [-0.25, -0.2) is 4.40 Å². The molecule has 0 spiro atoms. The second kappa shape index (κ2) is 22.0. The molecule has 0 atom stereocenters. The van der Waals surface area contributed by atoms with E-state index in [1.807, 2.05) is 42.5 Å². The first kappa shape index (κ1) is 57.1. The van der Waals surface area contributed by atoms with Gasteiger partial charge in [-0.05, 0) is 222 Å². The Labute approximate surface area is 564 Å². The maximum absolute atomic E-state index is 9.84. The number of nitrogens with zero attached hydrogens (tertiary/aromatic N) is 3. The van der Waals surface area contributed by atoms with E-state index in [1.165, 1.54) is 77.5 Å². The highest BCUT2D eigenvalue weighted by atomic mass is 32.1. The summed E-state index contributed by atoms with van der Waals surface area (Å²) < 4.78 is 13.2. The Morgan fingerprint density at radius 2 is 0.771 bits per heavy atom. The van der Waals surface area contributed by atoms with Crippen LogP contribution in [-0.2, 0) is 10.8 Å². The first-order valence-corrected chi connectivity index (χ1v) is 33.4. The van der Waals surface area contributed by atoms with Gasteiger partial charge in [0, 0.05) is 55.0 Å². The zero-order chi connectivity index (χ0) is 64.6. The molecule has 2 aromatic heterocycles. The molecule has 0 fully saturated rings. The number of rotatable bonds is 10. The summed E-state index contributed by atoms with van der Waals surface area (Å²) in [5.74, 6) is 0. The number of hydrogen-bond donors (Lipinski definition) is 2. The quantitative estimate of drug-likeness (QED) is 0.106. The van der Waals surface area contributed by atoms with E-state index in [9.17, 15) is 5.41 Å². The third-order valence-corrected chi connectivity index (χ3v) is 21.0. The lowest BCUT2D eigenvalue weighted by atomic mass is 9.81. The van der Waals surface area contributed by atoms with Crippen molar-refractivity contribution < 1.29 is 4.42 Å². The summed E-state index contributed by atoms with van der Waals surface area (Å²) in [5.41, 5.74) is 32.3. The fraction of sp³-hybridized carbons (Fsp3) is 0.0667. The van der Waals surface area contributed by atoms with Crippen molar-refractivity contribution in [2.45, 2.75) is 38.5 Å². The Morgan fingerprint density at radius 1 is 0.354 bits per heavy atom. The molecule has 0 aliphatic heterocycles. The summed E-state index contributed by atoms with van der Waals surface area (Å²) in [7, 11) is 0. The molecule has 1 N–H and O–H groups in total. The fourth-order valence-corrected chi connectivity index (χ4v) is 15.9. The number of allylic oxidation sites excluding steroid dienone is 4. The van der Waals surface area contributed by atoms with Gasteiger partial charge in [0.15, 0.2) is 0 Å². The molecule has 0 saturated carbocycles. The van der Waals surface area contributed by atoms with Crippen LogP contribution in [0.15, 0.2) is 318 Å². The van der Waals surface area contributed by atoms with Gasteiger partial charge in [-0.2, -0.15) is 0 Å². The zero-order valence-corrected chi connectivity index (χ0v) is 54.5. The van der Waals surface area contributed by atoms with E-state index in [0.29, 0.717) is 5.71 Å². The summed E-state index contributed by atoms with van der Waals surface area (Å²) in [6.45, 7) is 9.38. The minimum Gasteiger partial charge on any atom is -0.456 e. The monoisotopic (exact) mass is 1250 g/mol. The van der Waals surface area contributed by atoms with Crippen LogP contribution >= 0.6 is 12.8 Å². The molecule has 2 heterocycles. The van der Waals surface area contributed by atoms with Crippen LogP contribution in [-0.4, -0.2) is 16.0 Å². The average molecular weight is 1250 g/mol. The highest BCUT2D eigenvalue weighted by Gasteiger charge is 2.37. The standard InChI is InChI=1S/C90H64N4OS/c1-89(2)78-19-11-8-16-70(78)72-43-34-63(52-80(72)89)57-26-22-55(23-27-57)61-37-47-82-76(50-61)77-51-62(56-24-28-58(29-25-56)64-35-44-73-71-17-9-12-20-79(71)90(3,4)81(73)53-64)38-48-83(77)94(82)68-41-32-60(33-42-68)69-46-49-84(88(92-96)87(69)91)93(66-14-6-5-7-15-66)67-39-30-59(31-40-67)65-36-45-75-74-18-10-13-21-85(74)95-86(75)54-65/h5-54,91,96H,1-4H3/b91-87?,92-88-. The summed E-state index contributed by atoms with van der Waals surface area (Å²) in [6.07, 6.45) is 4.11. The van der Waals surface area contributed by atoms with E-state index < -0.39 is 0 Å². The Bertz CT molecular complexity index is 5610. The molecule has 18 rings (SSSR count). The molecular formula is C90H64N4OS. The minimum absolute atomic E-state index is 0.0702. The van der Waals surface area contributed by atoms with Gasteiger partial charge < -0.3 is 13.9 Å². The Kier molecular flexibility index (Phi) is 13.1. The molecule has 3 aliphatic rings. The van der Waals surface area contributed by atoms with Gasteiger partial charge >= 0.3 is 0 Å². The lowest BCUT2D eigenvalue weighted by molar-refractivity contribution is 0.660. The van der Waals surface area contributed by atoms with Crippen LogP contribution in [0.4, 0.5) is 11.4 Å². The fourth-order valence-electron chi connectivity index (χ4n) is 15.7. The molecule has 13 aromatic carbocycles. The predicted octanol–water partition coefficient (Wildman–Crippen LogP) is 24.1. The topological polar surface area (TPSA) is 57.5 Å². The molecule has 96 heavy (non-hydrogen) atoms. The number of hydrogen-bond acceptors (Lipinski definition) is 5. The Morgan fingerprint density at radius 3 is 1.32 bits per heavy atom. The molecule has 0 amide bonds. The van der Waals surface area contributed by atoms with Crippen LogP contribution in [0.2, 0.25) is 0 Å². The SMILES string of the molecule is CC1(C)c2ccccc2-c2ccc(-c3ccc(-c4ccc5c(c4)c4cc(-c6ccc(-c7ccc8c(c7)C(C)(C)c7ccccc7-8)cc6)ccc4n5-c4ccc(C5=CC=C(N(c6ccccc6)c6ccc(-c7ccc8c(c7)oc7ccccc78)cc6)/C(=N/S)C5=N)cc4)cc3)cc21. The Balaban J connectivity index is 0.687. The summed E-state index contributed by atoms with van der Waals surface area (Å²) >= 11 is 4.58. The maximum atomic E-state index is 9.84. The smallest absolute Gasteiger partial charge is 0.136 e. The van der Waals surface area contributed by atoms with Crippen molar-refractivity contribution in [2.75, 3.05) is 4.90 Å². The summed E-state index contributed by atoms with van der Waals surface area (Å²) in [5, 5.41) is 14.4. The molecule has 3 aliphatic carbocycles. The van der Waals surface area contributed by atoms with Crippen LogP contribution in [0.5, 0.6) is 0 Å². The largest absolute Gasteiger partial charge is 0.456 e. The molecular weight excluding hydrogens is 1190 g/mol. The van der Waals surface area contributed by atoms with Gasteiger partial charge in [-0.3, -0.25) is 5.41 Å². The number of para-hydroxylation sites is 2. The minimum atomic E-state index is -0.0702. The molecule has 456 valence electrons. The van der Waals surface area contributed by atoms with Gasteiger partial charge in [-0.1, -0.05) is 228 Å². The molecule has 5 nitrogen and oxygen atoms in total. The predicted molar refractivity (Wildman–Crippen MR) is 406 cm³/mol. The molecule has 15 aromatic rings. The number of anilines is 2. The van der Waals surface area contributed by atoms with Crippen molar-refractivity contribution in [1.29, 1.82) is 5.41 Å². The maximum Gasteiger partial charge on any atom is 0.136 e. The van der Waals surface area contributed by atoms with Gasteiger partial charge in [0.1, 0.15) is 16.9 Å². The van der Waals surface area contributed by atoms with Crippen LogP contribution in [0, 0.1) is 5.41 Å². The highest BCUT2D eigenvalue weighted by molar-refractivity contribution is 7.79. The van der Waals surface area contributed by atoms with E-state index in [4.69, 9.17) is 4.42 Å². The van der Waals surface area contributed by atoms with Crippen LogP contribution in [0.3, 0.4) is 0 Å². The van der Waals surface area contributed by atoms with Gasteiger partial charge in [-0.15, -0.1) is 0 Å². The number of aromatic nitrogens is 1. The number of thiol groups is 1. The molecule has 0 saturated heterocycles. The zero-order valence-electron chi connectivity index (χ0n) is 53.6. The van der Waals surface area contributed by atoms with Crippen LogP contribution < -0.4 is 4.90 Å². The number of furan rings is 1. The van der Waals surface area contributed by atoms with Crippen molar-refractivity contribution in [1.82, 2.24) is 4.57 Å². The molecule has 0 radical (unpaired) electrons. The van der Waals surface area contributed by atoms with E-state index >= 15 is 0 Å². The Hall–Kier alpha value is -11.6. The van der Waals surface area contributed by atoms with Crippen molar-refractivity contribution in [3.8, 4) is 83.6 Å². The van der Waals surface area contributed by atoms with Gasteiger partial charge in [0.2, 0.25) is 0 Å². The second-order valence-electron chi connectivity index (χ2n) is 26.8. The lowest BCUT2D eigenvalue weighted by Crippen LogP contribution is -2.30. The average Bonchev–Trinajstić information content (AvgIpc) is 1.56. The van der Waals surface area contributed by atoms with Gasteiger partial charge in [0.05, 0.1) is 22.4 Å². The summed E-state index contributed by atoms with van der Waals surface area (Å²) in [6, 6.07) is 106. The van der Waals surface area contributed by atoms with Crippen molar-refractivity contribution in [3.05, 3.63) is 337 Å². The van der Waals surface area contributed by atoms with Gasteiger partial charge in [0.25, 0.3) is 0 Å². The van der Waals surface area contributed by atoms with Crippen molar-refractivity contribution >= 4 is 84.9 Å². The van der Waals surface area contributed by atoms with E-state index in [1.54, 1.807) is 0 Å². The van der Waals surface area contributed by atoms with Crippen LogP contribution in [0.1, 0.15) is 55.5 Å². The number of fused-ring (bicyclic) bond motifs is 12. The molecule has 6 heteroatoms. The van der Waals surface area contributed by atoms with E-state index in [0.717, 1.165) is 100 Å². The lowest BCUT2D eigenvalue weighted by Gasteiger charge is -2.30. The van der Waals surface area contributed by atoms with E-state index in [-0.39, 0.29) is 16.5 Å². The normalized spacial score (nSPS) is 14.6. The number of nitrogens with one attached hydrogen (secondary N) is 1. The summed E-state index contributed by atoms with van der Waals surface area (Å²) in [4.78, 5) is 2.15. The first-order valence-electron chi connectivity index (χ1n) is 33.0. The van der Waals surface area contributed by atoms with Crippen molar-refractivity contribution in [2.24, 2.45) is 4.40 Å². The first-order chi connectivity index (χ1) is 46.9. The molecule has 0 unspecified atom stereocenters. The second-order valence-corrected chi connectivity index (χ2v) is 27.0. The number of benzene rings is 13. The molecule has 0 bridgehead atoms. The van der Waals surface area contributed by atoms with Crippen molar-refractivity contribution in [3.63, 3.8) is 0 Å². The van der Waals surface area contributed by atoms with E-state index in [2.05, 4.69) is 315 Å². The van der Waals surface area contributed by atoms with Crippen LogP contribution in [0.25, 0.3) is 133 Å². The highest BCUT2D eigenvalue weighted by Crippen LogP contribution is 2.52. The third-order valence-electron chi connectivity index (χ3n) is 20.8. The third kappa shape index (κ3) is 9.07.